The van der Waals surface area contributed by atoms with Gasteiger partial charge >= 0.3 is 0 Å². The summed E-state index contributed by atoms with van der Waals surface area (Å²) < 4.78 is 0. The van der Waals surface area contributed by atoms with Crippen LogP contribution >= 0.6 is 11.3 Å². The first-order valence-electron chi connectivity index (χ1n) is 6.80. The predicted octanol–water partition coefficient (Wildman–Crippen LogP) is 1.94. The summed E-state index contributed by atoms with van der Waals surface area (Å²) in [5.41, 5.74) is 1.76. The van der Waals surface area contributed by atoms with Crippen molar-refractivity contribution in [3.63, 3.8) is 0 Å². The minimum absolute atomic E-state index is 0.0190. The molecule has 0 aromatic carbocycles. The van der Waals surface area contributed by atoms with Crippen molar-refractivity contribution in [2.75, 3.05) is 6.54 Å². The number of thiophene rings is 1. The zero-order chi connectivity index (χ0) is 13.4. The Bertz CT molecular complexity index is 511. The van der Waals surface area contributed by atoms with Crippen molar-refractivity contribution in [3.05, 3.63) is 21.9 Å². The van der Waals surface area contributed by atoms with Gasteiger partial charge in [0, 0.05) is 11.4 Å². The number of fused-ring (bicyclic) bond motifs is 1. The molecule has 2 aliphatic rings. The number of aryl methyl sites for hydroxylation is 1. The second-order valence-corrected chi connectivity index (χ2v) is 6.17. The lowest BCUT2D eigenvalue weighted by Crippen LogP contribution is -2.62. The fourth-order valence-electron chi connectivity index (χ4n) is 3.13. The fourth-order valence-corrected chi connectivity index (χ4v) is 3.96. The first-order valence-corrected chi connectivity index (χ1v) is 7.74. The summed E-state index contributed by atoms with van der Waals surface area (Å²) in [6.45, 7) is 2.15. The highest BCUT2D eigenvalue weighted by Gasteiger charge is 2.39. The van der Waals surface area contributed by atoms with Gasteiger partial charge in [0.25, 0.3) is 5.91 Å². The quantitative estimate of drug-likeness (QED) is 0.853. The van der Waals surface area contributed by atoms with E-state index in [2.05, 4.69) is 5.32 Å². The monoisotopic (exact) mass is 278 g/mol. The molecule has 0 radical (unpaired) electrons. The van der Waals surface area contributed by atoms with Gasteiger partial charge in [-0.25, -0.2) is 0 Å². The molecular weight excluding hydrogens is 260 g/mol. The number of rotatable bonds is 1. The second kappa shape index (κ2) is 4.96. The topological polar surface area (TPSA) is 49.4 Å². The lowest BCUT2D eigenvalue weighted by molar-refractivity contribution is -0.127. The van der Waals surface area contributed by atoms with Gasteiger partial charge in [0.2, 0.25) is 5.91 Å². The number of hydrogen-bond donors (Lipinski definition) is 1. The van der Waals surface area contributed by atoms with E-state index < -0.39 is 0 Å². The van der Waals surface area contributed by atoms with Crippen molar-refractivity contribution in [1.82, 2.24) is 10.2 Å². The zero-order valence-corrected chi connectivity index (χ0v) is 11.8. The molecule has 19 heavy (non-hydrogen) atoms. The standard InChI is InChI=1S/C14H18N2O2S/c1-9-7-19-8-10(9)14(18)16-6-13(17)15-11-4-2-3-5-12(11)16/h7-8,11-12H,2-6H2,1H3,(H,15,17)/t11-,12-/m1/s1. The Morgan fingerprint density at radius 1 is 1.37 bits per heavy atom. The number of carbonyl (C=O) groups excluding carboxylic acids is 2. The van der Waals surface area contributed by atoms with E-state index in [0.717, 1.165) is 36.8 Å². The van der Waals surface area contributed by atoms with Gasteiger partial charge in [-0.05, 0) is 30.7 Å². The molecule has 4 nitrogen and oxygen atoms in total. The maximum atomic E-state index is 12.6. The molecule has 1 aromatic rings. The van der Waals surface area contributed by atoms with Crippen LogP contribution < -0.4 is 5.32 Å². The molecule has 1 aliphatic carbocycles. The van der Waals surface area contributed by atoms with Gasteiger partial charge in [-0.2, -0.15) is 11.3 Å². The molecule has 5 heteroatoms. The van der Waals surface area contributed by atoms with Crippen molar-refractivity contribution in [2.45, 2.75) is 44.7 Å². The Hall–Kier alpha value is -1.36. The van der Waals surface area contributed by atoms with Crippen molar-refractivity contribution in [3.8, 4) is 0 Å². The van der Waals surface area contributed by atoms with Crippen molar-refractivity contribution in [2.24, 2.45) is 0 Å². The summed E-state index contributed by atoms with van der Waals surface area (Å²) in [5.74, 6) is -0.00474. The summed E-state index contributed by atoms with van der Waals surface area (Å²) in [6, 6.07) is 0.330. The third-order valence-electron chi connectivity index (χ3n) is 4.14. The largest absolute Gasteiger partial charge is 0.350 e. The molecule has 102 valence electrons. The molecule has 0 spiro atoms. The van der Waals surface area contributed by atoms with Gasteiger partial charge in [0.15, 0.2) is 0 Å². The van der Waals surface area contributed by atoms with Crippen LogP contribution in [0.1, 0.15) is 41.6 Å². The second-order valence-electron chi connectivity index (χ2n) is 5.43. The number of hydrogen-bond acceptors (Lipinski definition) is 3. The fraction of sp³-hybridized carbons (Fsp3) is 0.571. The first kappa shape index (κ1) is 12.7. The van der Waals surface area contributed by atoms with Gasteiger partial charge in [0.1, 0.15) is 6.54 Å². The van der Waals surface area contributed by atoms with Crippen LogP contribution in [0.4, 0.5) is 0 Å². The van der Waals surface area contributed by atoms with E-state index in [1.54, 1.807) is 16.2 Å². The number of nitrogens with zero attached hydrogens (tertiary/aromatic N) is 1. The molecule has 1 saturated heterocycles. The lowest BCUT2D eigenvalue weighted by atomic mass is 9.87. The third kappa shape index (κ3) is 2.27. The minimum Gasteiger partial charge on any atom is -0.350 e. The molecule has 2 fully saturated rings. The van der Waals surface area contributed by atoms with Crippen LogP contribution in [0.25, 0.3) is 0 Å². The van der Waals surface area contributed by atoms with Crippen LogP contribution in [-0.4, -0.2) is 35.3 Å². The predicted molar refractivity (Wildman–Crippen MR) is 74.3 cm³/mol. The third-order valence-corrected chi connectivity index (χ3v) is 5.00. The Balaban J connectivity index is 1.87. The maximum absolute atomic E-state index is 12.6. The normalized spacial score (nSPS) is 26.8. The number of piperazine rings is 1. The summed E-state index contributed by atoms with van der Waals surface area (Å²) >= 11 is 1.54. The molecule has 0 unspecified atom stereocenters. The van der Waals surface area contributed by atoms with E-state index in [1.807, 2.05) is 17.7 Å². The highest BCUT2D eigenvalue weighted by molar-refractivity contribution is 7.08. The maximum Gasteiger partial charge on any atom is 0.255 e. The van der Waals surface area contributed by atoms with Gasteiger partial charge in [-0.15, -0.1) is 0 Å². The first-order chi connectivity index (χ1) is 9.16. The molecular formula is C14H18N2O2S. The summed E-state index contributed by atoms with van der Waals surface area (Å²) in [7, 11) is 0. The summed E-state index contributed by atoms with van der Waals surface area (Å²) in [6.07, 6.45) is 4.27. The van der Waals surface area contributed by atoms with Crippen LogP contribution in [0.5, 0.6) is 0 Å². The van der Waals surface area contributed by atoms with Crippen LogP contribution in [-0.2, 0) is 4.79 Å². The molecule has 1 N–H and O–H groups in total. The molecule has 2 atom stereocenters. The Kier molecular flexibility index (Phi) is 3.31. The van der Waals surface area contributed by atoms with Gasteiger partial charge in [-0.3, -0.25) is 9.59 Å². The highest BCUT2D eigenvalue weighted by Crippen LogP contribution is 2.28. The molecule has 0 bridgehead atoms. The number of nitrogens with one attached hydrogen (secondary N) is 1. The van der Waals surface area contributed by atoms with Crippen molar-refractivity contribution < 1.29 is 9.59 Å². The Morgan fingerprint density at radius 3 is 2.89 bits per heavy atom. The molecule has 1 aliphatic heterocycles. The van der Waals surface area contributed by atoms with Gasteiger partial charge in [0.05, 0.1) is 11.6 Å². The average Bonchev–Trinajstić information content (AvgIpc) is 2.83. The highest BCUT2D eigenvalue weighted by atomic mass is 32.1. The van der Waals surface area contributed by atoms with Crippen LogP contribution in [0.2, 0.25) is 0 Å². The Labute approximate surface area is 116 Å². The van der Waals surface area contributed by atoms with E-state index in [1.165, 1.54) is 0 Å². The molecule has 3 rings (SSSR count). The smallest absolute Gasteiger partial charge is 0.255 e. The van der Waals surface area contributed by atoms with E-state index in [9.17, 15) is 9.59 Å². The minimum atomic E-state index is -0.0237. The average molecular weight is 278 g/mol. The van der Waals surface area contributed by atoms with Crippen molar-refractivity contribution in [1.29, 1.82) is 0 Å². The van der Waals surface area contributed by atoms with Crippen LogP contribution in [0, 0.1) is 6.92 Å². The van der Waals surface area contributed by atoms with Crippen LogP contribution in [0.15, 0.2) is 10.8 Å². The van der Waals surface area contributed by atoms with Crippen molar-refractivity contribution >= 4 is 23.2 Å². The van der Waals surface area contributed by atoms with Crippen LogP contribution in [0.3, 0.4) is 0 Å². The number of carbonyl (C=O) groups is 2. The molecule has 2 heterocycles. The summed E-state index contributed by atoms with van der Waals surface area (Å²) in [5, 5.41) is 6.91. The van der Waals surface area contributed by atoms with Gasteiger partial charge < -0.3 is 10.2 Å². The number of amides is 2. The molecule has 2 amide bonds. The molecule has 1 saturated carbocycles. The SMILES string of the molecule is Cc1cscc1C(=O)N1CC(=O)N[C@@H]2CCCC[C@H]21. The van der Waals surface area contributed by atoms with E-state index in [-0.39, 0.29) is 30.4 Å². The van der Waals surface area contributed by atoms with E-state index in [0.29, 0.717) is 0 Å². The lowest BCUT2D eigenvalue weighted by Gasteiger charge is -2.43. The molecule has 1 aromatic heterocycles. The Morgan fingerprint density at radius 2 is 2.16 bits per heavy atom. The summed E-state index contributed by atoms with van der Waals surface area (Å²) in [4.78, 5) is 26.2. The van der Waals surface area contributed by atoms with Gasteiger partial charge in [-0.1, -0.05) is 12.8 Å². The van der Waals surface area contributed by atoms with E-state index >= 15 is 0 Å². The van der Waals surface area contributed by atoms with E-state index in [4.69, 9.17) is 0 Å². The zero-order valence-electron chi connectivity index (χ0n) is 11.0.